The standard InChI is InChI=1S/C20H26N2O2S/c1-15(2)24-19-11-5-9-17(14-19)22-20(25)21-12-6-8-16-7-4-10-18(13-16)23-3/h4-5,7,9-11,13-15H,6,8,12H2,1-3H3,(H2,21,22,25). The lowest BCUT2D eigenvalue weighted by Gasteiger charge is -2.13. The molecule has 2 aromatic rings. The molecular formula is C20H26N2O2S. The Bertz CT molecular complexity index is 689. The van der Waals surface area contributed by atoms with E-state index < -0.39 is 0 Å². The Morgan fingerprint density at radius 2 is 1.84 bits per heavy atom. The minimum Gasteiger partial charge on any atom is -0.497 e. The third-order valence-electron chi connectivity index (χ3n) is 3.53. The van der Waals surface area contributed by atoms with Gasteiger partial charge in [-0.2, -0.15) is 0 Å². The molecule has 0 spiro atoms. The summed E-state index contributed by atoms with van der Waals surface area (Å²) in [6.07, 6.45) is 2.12. The molecule has 0 saturated heterocycles. The highest BCUT2D eigenvalue weighted by atomic mass is 32.1. The van der Waals surface area contributed by atoms with E-state index >= 15 is 0 Å². The summed E-state index contributed by atoms with van der Waals surface area (Å²) in [5.41, 5.74) is 2.18. The fourth-order valence-electron chi connectivity index (χ4n) is 2.42. The monoisotopic (exact) mass is 358 g/mol. The van der Waals surface area contributed by atoms with Gasteiger partial charge in [-0.05, 0) is 68.7 Å². The van der Waals surface area contributed by atoms with Gasteiger partial charge in [0.2, 0.25) is 0 Å². The van der Waals surface area contributed by atoms with E-state index in [-0.39, 0.29) is 6.10 Å². The first-order chi connectivity index (χ1) is 12.1. The highest BCUT2D eigenvalue weighted by Gasteiger charge is 2.02. The van der Waals surface area contributed by atoms with Crippen LogP contribution in [0.4, 0.5) is 5.69 Å². The van der Waals surface area contributed by atoms with Gasteiger partial charge in [-0.1, -0.05) is 18.2 Å². The van der Waals surface area contributed by atoms with Crippen LogP contribution in [0.2, 0.25) is 0 Å². The molecule has 0 aliphatic carbocycles. The molecule has 0 aliphatic rings. The van der Waals surface area contributed by atoms with E-state index in [9.17, 15) is 0 Å². The quantitative estimate of drug-likeness (QED) is 0.541. The molecule has 0 heterocycles. The number of methoxy groups -OCH3 is 1. The highest BCUT2D eigenvalue weighted by Crippen LogP contribution is 2.18. The van der Waals surface area contributed by atoms with Crippen molar-refractivity contribution in [1.82, 2.24) is 5.32 Å². The van der Waals surface area contributed by atoms with Crippen LogP contribution in [0.5, 0.6) is 11.5 Å². The highest BCUT2D eigenvalue weighted by molar-refractivity contribution is 7.80. The first kappa shape index (κ1) is 19.1. The van der Waals surface area contributed by atoms with Crippen molar-refractivity contribution < 1.29 is 9.47 Å². The van der Waals surface area contributed by atoms with Gasteiger partial charge in [-0.15, -0.1) is 0 Å². The number of thiocarbonyl (C=S) groups is 1. The van der Waals surface area contributed by atoms with Gasteiger partial charge in [-0.25, -0.2) is 0 Å². The largest absolute Gasteiger partial charge is 0.497 e. The molecule has 134 valence electrons. The molecule has 0 unspecified atom stereocenters. The van der Waals surface area contributed by atoms with Crippen LogP contribution >= 0.6 is 12.2 Å². The molecule has 0 atom stereocenters. The minimum absolute atomic E-state index is 0.150. The fourth-order valence-corrected chi connectivity index (χ4v) is 2.64. The maximum Gasteiger partial charge on any atom is 0.170 e. The number of hydrogen-bond donors (Lipinski definition) is 2. The number of aryl methyl sites for hydroxylation is 1. The molecule has 0 bridgehead atoms. The van der Waals surface area contributed by atoms with Gasteiger partial charge >= 0.3 is 0 Å². The molecule has 0 aromatic heterocycles. The Hall–Kier alpha value is -2.27. The molecule has 4 nitrogen and oxygen atoms in total. The molecule has 2 N–H and O–H groups in total. The van der Waals surface area contributed by atoms with E-state index in [2.05, 4.69) is 22.8 Å². The van der Waals surface area contributed by atoms with E-state index in [0.717, 1.165) is 36.6 Å². The Balaban J connectivity index is 1.73. The Morgan fingerprint density at radius 3 is 2.60 bits per heavy atom. The summed E-state index contributed by atoms with van der Waals surface area (Å²) >= 11 is 5.35. The molecule has 25 heavy (non-hydrogen) atoms. The zero-order valence-corrected chi connectivity index (χ0v) is 15.9. The molecule has 2 aromatic carbocycles. The van der Waals surface area contributed by atoms with Gasteiger partial charge in [-0.3, -0.25) is 0 Å². The third-order valence-corrected chi connectivity index (χ3v) is 3.77. The zero-order valence-electron chi connectivity index (χ0n) is 15.0. The first-order valence-corrected chi connectivity index (χ1v) is 8.92. The molecule has 2 rings (SSSR count). The van der Waals surface area contributed by atoms with Gasteiger partial charge in [0.1, 0.15) is 11.5 Å². The van der Waals surface area contributed by atoms with Crippen LogP contribution in [0.25, 0.3) is 0 Å². The molecule has 5 heteroatoms. The van der Waals surface area contributed by atoms with Gasteiger partial charge in [0.15, 0.2) is 5.11 Å². The van der Waals surface area contributed by atoms with Crippen molar-refractivity contribution in [2.45, 2.75) is 32.8 Å². The molecule has 0 saturated carbocycles. The molecular weight excluding hydrogens is 332 g/mol. The van der Waals surface area contributed by atoms with Crippen LogP contribution in [-0.2, 0) is 6.42 Å². The molecule has 0 radical (unpaired) electrons. The summed E-state index contributed by atoms with van der Waals surface area (Å²) in [6, 6.07) is 16.0. The average Bonchev–Trinajstić information content (AvgIpc) is 2.58. The molecule has 0 aliphatic heterocycles. The van der Waals surface area contributed by atoms with Crippen molar-refractivity contribution in [3.8, 4) is 11.5 Å². The molecule has 0 fully saturated rings. The van der Waals surface area contributed by atoms with Gasteiger partial charge in [0, 0.05) is 18.3 Å². The van der Waals surface area contributed by atoms with Gasteiger partial charge in [0.05, 0.1) is 13.2 Å². The van der Waals surface area contributed by atoms with Crippen LogP contribution in [-0.4, -0.2) is 24.9 Å². The maximum absolute atomic E-state index is 5.69. The van der Waals surface area contributed by atoms with Crippen molar-refractivity contribution in [3.63, 3.8) is 0 Å². The summed E-state index contributed by atoms with van der Waals surface area (Å²) in [6.45, 7) is 4.83. The number of anilines is 1. The lowest BCUT2D eigenvalue weighted by atomic mass is 10.1. The summed E-state index contributed by atoms with van der Waals surface area (Å²) in [5, 5.41) is 7.05. The minimum atomic E-state index is 0.150. The van der Waals surface area contributed by atoms with Crippen molar-refractivity contribution in [1.29, 1.82) is 0 Å². The zero-order chi connectivity index (χ0) is 18.1. The average molecular weight is 359 g/mol. The predicted molar refractivity (Wildman–Crippen MR) is 108 cm³/mol. The normalized spacial score (nSPS) is 10.4. The van der Waals surface area contributed by atoms with Crippen molar-refractivity contribution in [3.05, 3.63) is 54.1 Å². The SMILES string of the molecule is COc1cccc(CCCNC(=S)Nc2cccc(OC(C)C)c2)c1. The maximum atomic E-state index is 5.69. The first-order valence-electron chi connectivity index (χ1n) is 8.51. The predicted octanol–water partition coefficient (Wildman–Crippen LogP) is 4.40. The Labute approximate surface area is 155 Å². The van der Waals surface area contributed by atoms with Gasteiger partial charge < -0.3 is 20.1 Å². The fraction of sp³-hybridized carbons (Fsp3) is 0.350. The van der Waals surface area contributed by atoms with Crippen molar-refractivity contribution in [2.24, 2.45) is 0 Å². The van der Waals surface area contributed by atoms with E-state index in [0.29, 0.717) is 5.11 Å². The lowest BCUT2D eigenvalue weighted by Crippen LogP contribution is -2.29. The van der Waals surface area contributed by atoms with E-state index in [4.69, 9.17) is 21.7 Å². The molecule has 0 amide bonds. The van der Waals surface area contributed by atoms with Gasteiger partial charge in [0.25, 0.3) is 0 Å². The van der Waals surface area contributed by atoms with Crippen LogP contribution in [0.1, 0.15) is 25.8 Å². The topological polar surface area (TPSA) is 42.5 Å². The number of nitrogens with one attached hydrogen (secondary N) is 2. The second kappa shape index (κ2) is 9.89. The second-order valence-electron chi connectivity index (χ2n) is 6.03. The number of ether oxygens (including phenoxy) is 2. The third kappa shape index (κ3) is 7.01. The lowest BCUT2D eigenvalue weighted by molar-refractivity contribution is 0.242. The van der Waals surface area contributed by atoms with E-state index in [1.807, 2.05) is 50.2 Å². The van der Waals surface area contributed by atoms with E-state index in [1.54, 1.807) is 7.11 Å². The smallest absolute Gasteiger partial charge is 0.170 e. The number of rotatable bonds is 8. The summed E-state index contributed by atoms with van der Waals surface area (Å²) in [4.78, 5) is 0. The van der Waals surface area contributed by atoms with Crippen molar-refractivity contribution >= 4 is 23.0 Å². The van der Waals surface area contributed by atoms with Crippen LogP contribution < -0.4 is 20.1 Å². The summed E-state index contributed by atoms with van der Waals surface area (Å²) in [7, 11) is 1.69. The van der Waals surface area contributed by atoms with E-state index in [1.165, 1.54) is 5.56 Å². The van der Waals surface area contributed by atoms with Crippen LogP contribution in [0.3, 0.4) is 0 Å². The van der Waals surface area contributed by atoms with Crippen LogP contribution in [0.15, 0.2) is 48.5 Å². The Morgan fingerprint density at radius 1 is 1.08 bits per heavy atom. The summed E-state index contributed by atoms with van der Waals surface area (Å²) in [5.74, 6) is 1.73. The number of benzene rings is 2. The van der Waals surface area contributed by atoms with Crippen LogP contribution in [0, 0.1) is 0 Å². The second-order valence-corrected chi connectivity index (χ2v) is 6.44. The van der Waals surface area contributed by atoms with Crippen molar-refractivity contribution in [2.75, 3.05) is 19.0 Å². The number of hydrogen-bond acceptors (Lipinski definition) is 3. The summed E-state index contributed by atoms with van der Waals surface area (Å²) < 4.78 is 10.9. The Kier molecular flexibility index (Phi) is 7.54.